The lowest BCUT2D eigenvalue weighted by atomic mass is 10.4. The Morgan fingerprint density at radius 2 is 1.64 bits per heavy atom. The summed E-state index contributed by atoms with van der Waals surface area (Å²) < 4.78 is 2.82. The second-order valence-electron chi connectivity index (χ2n) is 2.58. The van der Waals surface area contributed by atoms with E-state index in [9.17, 15) is 4.79 Å². The molecule has 0 aliphatic heterocycles. The first kappa shape index (κ1) is 14.7. The Labute approximate surface area is 107 Å². The molecule has 82 valence electrons. The number of esters is 1. The smallest absolute Gasteiger partial charge is 0.351 e. The van der Waals surface area contributed by atoms with Crippen molar-refractivity contribution in [2.24, 2.45) is 0 Å². The van der Waals surface area contributed by atoms with Gasteiger partial charge in [-0.2, -0.15) is 0 Å². The predicted molar refractivity (Wildman–Crippen MR) is 60.3 cm³/mol. The molecular weight excluding hydrogens is 293 g/mol. The Morgan fingerprint density at radius 1 is 1.21 bits per heavy atom. The van der Waals surface area contributed by atoms with Crippen LogP contribution in [0.1, 0.15) is 13.8 Å². The Bertz CT molecular complexity index is 253. The normalized spacial score (nSPS) is 14.0. The summed E-state index contributed by atoms with van der Waals surface area (Å²) in [6, 6.07) is 0. The van der Waals surface area contributed by atoms with Gasteiger partial charge in [0.15, 0.2) is 0 Å². The summed E-state index contributed by atoms with van der Waals surface area (Å²) in [5, 5.41) is -0.810. The molecular formula is C7H7Cl5O2. The summed E-state index contributed by atoms with van der Waals surface area (Å²) in [7, 11) is 0. The van der Waals surface area contributed by atoms with Crippen LogP contribution in [-0.2, 0) is 9.53 Å². The summed E-state index contributed by atoms with van der Waals surface area (Å²) in [5.41, 5.74) is 0. The number of hydrogen-bond acceptors (Lipinski definition) is 2. The lowest BCUT2D eigenvalue weighted by molar-refractivity contribution is -0.141. The summed E-state index contributed by atoms with van der Waals surface area (Å²) in [6.45, 7) is 3.32. The molecule has 0 bridgehead atoms. The number of alkyl halides is 3. The highest BCUT2D eigenvalue weighted by Crippen LogP contribution is 2.40. The molecule has 0 N–H and O–H groups in total. The lowest BCUT2D eigenvalue weighted by Gasteiger charge is -2.12. The molecule has 0 amide bonds. The molecule has 0 rings (SSSR count). The van der Waals surface area contributed by atoms with Gasteiger partial charge in [-0.3, -0.25) is 0 Å². The summed E-state index contributed by atoms with van der Waals surface area (Å²) in [6.07, 6.45) is -0.323. The molecule has 0 fully saturated rings. The van der Waals surface area contributed by atoms with E-state index >= 15 is 0 Å². The quantitative estimate of drug-likeness (QED) is 0.438. The van der Waals surface area contributed by atoms with E-state index in [-0.39, 0.29) is 11.1 Å². The van der Waals surface area contributed by atoms with Crippen molar-refractivity contribution < 1.29 is 9.53 Å². The molecule has 0 aromatic carbocycles. The van der Waals surface area contributed by atoms with Crippen molar-refractivity contribution in [1.82, 2.24) is 0 Å². The van der Waals surface area contributed by atoms with Crippen molar-refractivity contribution in [2.75, 3.05) is 0 Å². The van der Waals surface area contributed by atoms with E-state index < -0.39 is 14.8 Å². The van der Waals surface area contributed by atoms with Crippen LogP contribution in [0.2, 0.25) is 0 Å². The van der Waals surface area contributed by atoms with Crippen LogP contribution in [0.5, 0.6) is 0 Å². The first-order valence-corrected chi connectivity index (χ1v) is 5.38. The monoisotopic (exact) mass is 298 g/mol. The maximum atomic E-state index is 11.2. The van der Waals surface area contributed by atoms with Crippen molar-refractivity contribution in [3.8, 4) is 0 Å². The lowest BCUT2D eigenvalue weighted by Crippen LogP contribution is -2.15. The van der Waals surface area contributed by atoms with Gasteiger partial charge in [-0.25, -0.2) is 4.79 Å². The number of halogens is 5. The fourth-order valence-corrected chi connectivity index (χ4v) is 1.17. The average molecular weight is 300 g/mol. The molecule has 0 spiro atoms. The second kappa shape index (κ2) is 5.66. The number of carbonyl (C=O) groups is 1. The molecule has 0 heterocycles. The predicted octanol–water partition coefficient (Wildman–Crippen LogP) is 4.00. The molecule has 0 unspecified atom stereocenters. The maximum Gasteiger partial charge on any atom is 0.351 e. The van der Waals surface area contributed by atoms with Crippen LogP contribution < -0.4 is 0 Å². The van der Waals surface area contributed by atoms with Crippen LogP contribution in [0.4, 0.5) is 0 Å². The van der Waals surface area contributed by atoms with E-state index in [0.717, 1.165) is 0 Å². The topological polar surface area (TPSA) is 26.3 Å². The molecule has 0 aromatic rings. The van der Waals surface area contributed by atoms with Crippen LogP contribution in [-0.4, -0.2) is 15.9 Å². The van der Waals surface area contributed by atoms with Crippen LogP contribution >= 0.6 is 58.0 Å². The maximum absolute atomic E-state index is 11.2. The van der Waals surface area contributed by atoms with Crippen LogP contribution in [0.25, 0.3) is 0 Å². The molecule has 14 heavy (non-hydrogen) atoms. The van der Waals surface area contributed by atoms with Gasteiger partial charge in [-0.05, 0) is 13.8 Å². The van der Waals surface area contributed by atoms with Crippen molar-refractivity contribution >= 4 is 64.0 Å². The van der Waals surface area contributed by atoms with E-state index in [1.165, 1.54) is 0 Å². The Balaban J connectivity index is 4.75. The minimum Gasteiger partial charge on any atom is -0.459 e. The minimum atomic E-state index is -1.92. The fourth-order valence-electron chi connectivity index (χ4n) is 0.480. The SMILES string of the molecule is CC(C)OC(=O)/C(Cl)=C(\Cl)C(Cl)(Cl)Cl. The van der Waals surface area contributed by atoms with Crippen LogP contribution in [0.15, 0.2) is 10.1 Å². The highest BCUT2D eigenvalue weighted by Gasteiger charge is 2.30. The van der Waals surface area contributed by atoms with Gasteiger partial charge in [0.1, 0.15) is 5.03 Å². The molecule has 0 radical (unpaired) electrons. The van der Waals surface area contributed by atoms with Gasteiger partial charge in [-0.15, -0.1) is 0 Å². The number of allylic oxidation sites excluding steroid dienone is 1. The van der Waals surface area contributed by atoms with Gasteiger partial charge < -0.3 is 4.74 Å². The highest BCUT2D eigenvalue weighted by molar-refractivity contribution is 6.74. The third kappa shape index (κ3) is 4.94. The zero-order valence-electron chi connectivity index (χ0n) is 7.28. The summed E-state index contributed by atoms with van der Waals surface area (Å²) in [4.78, 5) is 11.2. The zero-order chi connectivity index (χ0) is 11.5. The van der Waals surface area contributed by atoms with Crippen molar-refractivity contribution in [3.05, 3.63) is 10.1 Å². The van der Waals surface area contributed by atoms with E-state index in [4.69, 9.17) is 62.7 Å². The standard InChI is InChI=1S/C7H7Cl5O2/c1-3(2)14-6(13)4(8)5(9)7(10,11)12/h3H,1-2H3/b5-4+. The zero-order valence-corrected chi connectivity index (χ0v) is 11.1. The molecule has 0 saturated carbocycles. The van der Waals surface area contributed by atoms with Crippen molar-refractivity contribution in [1.29, 1.82) is 0 Å². The van der Waals surface area contributed by atoms with Crippen molar-refractivity contribution in [2.45, 2.75) is 23.7 Å². The van der Waals surface area contributed by atoms with E-state index in [1.807, 2.05) is 0 Å². The van der Waals surface area contributed by atoms with Gasteiger partial charge >= 0.3 is 5.97 Å². The first-order valence-electron chi connectivity index (χ1n) is 3.49. The van der Waals surface area contributed by atoms with Gasteiger partial charge in [0, 0.05) is 0 Å². The van der Waals surface area contributed by atoms with E-state index in [1.54, 1.807) is 13.8 Å². The summed E-state index contributed by atoms with van der Waals surface area (Å²) >= 11 is 27.3. The highest BCUT2D eigenvalue weighted by atomic mass is 35.6. The molecule has 0 saturated heterocycles. The molecule has 0 aliphatic carbocycles. The van der Waals surface area contributed by atoms with Crippen LogP contribution in [0.3, 0.4) is 0 Å². The van der Waals surface area contributed by atoms with E-state index in [2.05, 4.69) is 0 Å². The minimum absolute atomic E-state index is 0.323. The largest absolute Gasteiger partial charge is 0.459 e. The molecule has 2 nitrogen and oxygen atoms in total. The van der Waals surface area contributed by atoms with Crippen LogP contribution in [0, 0.1) is 0 Å². The number of carbonyl (C=O) groups excluding carboxylic acids is 1. The summed E-state index contributed by atoms with van der Waals surface area (Å²) in [5.74, 6) is -0.821. The van der Waals surface area contributed by atoms with Gasteiger partial charge in [-0.1, -0.05) is 58.0 Å². The van der Waals surface area contributed by atoms with Crippen molar-refractivity contribution in [3.63, 3.8) is 0 Å². The molecule has 0 aliphatic rings. The van der Waals surface area contributed by atoms with Gasteiger partial charge in [0.05, 0.1) is 11.1 Å². The number of ether oxygens (including phenoxy) is 1. The fraction of sp³-hybridized carbons (Fsp3) is 0.571. The molecule has 0 aromatic heterocycles. The third-order valence-electron chi connectivity index (χ3n) is 0.964. The molecule has 0 atom stereocenters. The Morgan fingerprint density at radius 3 is 1.93 bits per heavy atom. The van der Waals surface area contributed by atoms with Gasteiger partial charge in [0.2, 0.25) is 3.79 Å². The van der Waals surface area contributed by atoms with Gasteiger partial charge in [0.25, 0.3) is 0 Å². The Hall–Kier alpha value is 0.660. The molecule has 7 heteroatoms. The third-order valence-corrected chi connectivity index (χ3v) is 2.73. The second-order valence-corrected chi connectivity index (χ2v) is 5.62. The number of hydrogen-bond donors (Lipinski definition) is 0. The first-order chi connectivity index (χ1) is 6.16. The number of rotatable bonds is 2. The Kier molecular flexibility index (Phi) is 5.93. The average Bonchev–Trinajstić information content (AvgIpc) is 1.98. The van der Waals surface area contributed by atoms with E-state index in [0.29, 0.717) is 0 Å².